The maximum absolute atomic E-state index is 13.3. The quantitative estimate of drug-likeness (QED) is 0.404. The van der Waals surface area contributed by atoms with Crippen LogP contribution in [0.1, 0.15) is 35.7 Å². The minimum absolute atomic E-state index is 0.109. The van der Waals surface area contributed by atoms with Gasteiger partial charge in [0.15, 0.2) is 6.61 Å². The third kappa shape index (κ3) is 6.83. The van der Waals surface area contributed by atoms with E-state index in [1.807, 2.05) is 12.1 Å². The fourth-order valence-electron chi connectivity index (χ4n) is 3.54. The SMILES string of the molecule is COC(=O)c1ccc(CN2CCC(Nc3ccc(OCC(F)(F)C(C)(F)F)cc3)CC2)cc1. The van der Waals surface area contributed by atoms with Gasteiger partial charge in [-0.1, -0.05) is 12.1 Å². The predicted molar refractivity (Wildman–Crippen MR) is 117 cm³/mol. The Morgan fingerprint density at radius 3 is 2.18 bits per heavy atom. The smallest absolute Gasteiger partial charge is 0.342 e. The first-order valence-electron chi connectivity index (χ1n) is 10.7. The molecule has 1 aliphatic heterocycles. The zero-order valence-corrected chi connectivity index (χ0v) is 18.6. The summed E-state index contributed by atoms with van der Waals surface area (Å²) in [5.41, 5.74) is 2.46. The van der Waals surface area contributed by atoms with Gasteiger partial charge in [0.05, 0.1) is 12.7 Å². The molecule has 2 aromatic rings. The number of piperidine rings is 1. The van der Waals surface area contributed by atoms with Crippen LogP contribution in [-0.4, -0.2) is 55.6 Å². The van der Waals surface area contributed by atoms with Crippen molar-refractivity contribution in [3.05, 3.63) is 59.7 Å². The third-order valence-corrected chi connectivity index (χ3v) is 5.66. The normalized spacial score (nSPS) is 15.8. The number of nitrogens with one attached hydrogen (secondary N) is 1. The fraction of sp³-hybridized carbons (Fsp3) is 0.458. The van der Waals surface area contributed by atoms with Gasteiger partial charge in [-0.3, -0.25) is 4.90 Å². The highest BCUT2D eigenvalue weighted by Crippen LogP contribution is 2.34. The molecule has 180 valence electrons. The van der Waals surface area contributed by atoms with Crippen LogP contribution in [0.5, 0.6) is 5.75 Å². The lowest BCUT2D eigenvalue weighted by Gasteiger charge is -2.33. The molecule has 2 aromatic carbocycles. The molecule has 0 atom stereocenters. The molecule has 0 radical (unpaired) electrons. The van der Waals surface area contributed by atoms with Gasteiger partial charge in [0.2, 0.25) is 0 Å². The Labute approximate surface area is 190 Å². The predicted octanol–water partition coefficient (Wildman–Crippen LogP) is 5.22. The number of carbonyl (C=O) groups excluding carboxylic acids is 1. The first-order chi connectivity index (χ1) is 15.6. The number of likely N-dealkylation sites (tertiary alicyclic amines) is 1. The molecule has 1 fully saturated rings. The number of halogens is 4. The van der Waals surface area contributed by atoms with Gasteiger partial charge in [-0.2, -0.15) is 8.78 Å². The van der Waals surface area contributed by atoms with Crippen LogP contribution in [0.25, 0.3) is 0 Å². The zero-order valence-electron chi connectivity index (χ0n) is 18.6. The molecular weight excluding hydrogens is 440 g/mol. The molecule has 0 aromatic heterocycles. The van der Waals surface area contributed by atoms with E-state index in [0.29, 0.717) is 5.56 Å². The van der Waals surface area contributed by atoms with Crippen molar-refractivity contribution in [3.8, 4) is 5.75 Å². The summed E-state index contributed by atoms with van der Waals surface area (Å²) < 4.78 is 62.0. The molecule has 33 heavy (non-hydrogen) atoms. The van der Waals surface area contributed by atoms with E-state index in [9.17, 15) is 22.4 Å². The maximum atomic E-state index is 13.3. The van der Waals surface area contributed by atoms with Crippen LogP contribution in [0.3, 0.4) is 0 Å². The summed E-state index contributed by atoms with van der Waals surface area (Å²) in [5.74, 6) is -8.62. The van der Waals surface area contributed by atoms with Crippen molar-refractivity contribution in [3.63, 3.8) is 0 Å². The van der Waals surface area contributed by atoms with Crippen molar-refractivity contribution in [1.82, 2.24) is 4.90 Å². The molecule has 0 aliphatic carbocycles. The van der Waals surface area contributed by atoms with Crippen molar-refractivity contribution >= 4 is 11.7 Å². The fourth-order valence-corrected chi connectivity index (χ4v) is 3.54. The van der Waals surface area contributed by atoms with Crippen LogP contribution in [0.4, 0.5) is 23.2 Å². The van der Waals surface area contributed by atoms with Gasteiger partial charge >= 0.3 is 17.8 Å². The van der Waals surface area contributed by atoms with Crippen LogP contribution >= 0.6 is 0 Å². The Morgan fingerprint density at radius 2 is 1.64 bits per heavy atom. The van der Waals surface area contributed by atoms with Crippen molar-refractivity contribution in [2.45, 2.75) is 44.2 Å². The monoisotopic (exact) mass is 468 g/mol. The van der Waals surface area contributed by atoms with Gasteiger partial charge in [0, 0.05) is 38.3 Å². The highest BCUT2D eigenvalue weighted by molar-refractivity contribution is 5.89. The molecule has 0 saturated carbocycles. The minimum Gasteiger partial charge on any atom is -0.487 e. The average molecular weight is 468 g/mol. The average Bonchev–Trinajstić information content (AvgIpc) is 2.79. The lowest BCUT2D eigenvalue weighted by molar-refractivity contribution is -0.211. The van der Waals surface area contributed by atoms with Gasteiger partial charge < -0.3 is 14.8 Å². The molecule has 0 spiro atoms. The summed E-state index contributed by atoms with van der Waals surface area (Å²) in [5, 5.41) is 3.41. The molecule has 0 unspecified atom stereocenters. The Morgan fingerprint density at radius 1 is 1.03 bits per heavy atom. The minimum atomic E-state index is -4.23. The van der Waals surface area contributed by atoms with Gasteiger partial charge in [0.1, 0.15) is 5.75 Å². The van der Waals surface area contributed by atoms with E-state index < -0.39 is 18.5 Å². The number of nitrogens with zero attached hydrogens (tertiary/aromatic N) is 1. The first kappa shape index (κ1) is 24.8. The number of benzene rings is 2. The van der Waals surface area contributed by atoms with E-state index in [0.717, 1.165) is 43.7 Å². The van der Waals surface area contributed by atoms with Crippen molar-refractivity contribution in [2.75, 3.05) is 32.1 Å². The molecule has 1 heterocycles. The van der Waals surface area contributed by atoms with Crippen LogP contribution in [0.2, 0.25) is 0 Å². The molecule has 1 saturated heterocycles. The second kappa shape index (κ2) is 10.4. The summed E-state index contributed by atoms with van der Waals surface area (Å²) in [4.78, 5) is 13.9. The molecule has 1 aliphatic rings. The lowest BCUT2D eigenvalue weighted by Crippen LogP contribution is -2.42. The summed E-state index contributed by atoms with van der Waals surface area (Å²) in [6, 6.07) is 14.0. The highest BCUT2D eigenvalue weighted by Gasteiger charge is 2.52. The number of hydrogen-bond acceptors (Lipinski definition) is 5. The van der Waals surface area contributed by atoms with Gasteiger partial charge in [0.25, 0.3) is 0 Å². The number of rotatable bonds is 9. The number of anilines is 1. The van der Waals surface area contributed by atoms with Crippen molar-refractivity contribution in [1.29, 1.82) is 0 Å². The second-order valence-corrected chi connectivity index (χ2v) is 8.29. The van der Waals surface area contributed by atoms with E-state index in [1.54, 1.807) is 24.3 Å². The van der Waals surface area contributed by atoms with Crippen molar-refractivity contribution < 1.29 is 31.8 Å². The van der Waals surface area contributed by atoms with E-state index in [1.165, 1.54) is 19.2 Å². The van der Waals surface area contributed by atoms with Crippen LogP contribution in [-0.2, 0) is 11.3 Å². The number of methoxy groups -OCH3 is 1. The Kier molecular flexibility index (Phi) is 7.84. The van der Waals surface area contributed by atoms with Crippen LogP contribution < -0.4 is 10.1 Å². The molecule has 1 N–H and O–H groups in total. The van der Waals surface area contributed by atoms with E-state index in [4.69, 9.17) is 9.47 Å². The topological polar surface area (TPSA) is 50.8 Å². The Bertz CT molecular complexity index is 907. The van der Waals surface area contributed by atoms with E-state index in [-0.39, 0.29) is 24.7 Å². The molecule has 3 rings (SSSR count). The maximum Gasteiger partial charge on any atom is 0.342 e. The molecule has 5 nitrogen and oxygen atoms in total. The third-order valence-electron chi connectivity index (χ3n) is 5.66. The summed E-state index contributed by atoms with van der Waals surface area (Å²) in [6.45, 7) is 1.39. The Balaban J connectivity index is 1.43. The second-order valence-electron chi connectivity index (χ2n) is 8.29. The van der Waals surface area contributed by atoms with Gasteiger partial charge in [-0.15, -0.1) is 0 Å². The van der Waals surface area contributed by atoms with Crippen LogP contribution in [0, 0.1) is 0 Å². The number of ether oxygens (including phenoxy) is 2. The van der Waals surface area contributed by atoms with E-state index >= 15 is 0 Å². The molecule has 0 amide bonds. The number of hydrogen-bond donors (Lipinski definition) is 1. The number of carbonyl (C=O) groups is 1. The Hall–Kier alpha value is -2.81. The molecule has 9 heteroatoms. The van der Waals surface area contributed by atoms with Crippen LogP contribution in [0.15, 0.2) is 48.5 Å². The van der Waals surface area contributed by atoms with Crippen molar-refractivity contribution in [2.24, 2.45) is 0 Å². The highest BCUT2D eigenvalue weighted by atomic mass is 19.3. The summed E-state index contributed by atoms with van der Waals surface area (Å²) >= 11 is 0. The van der Waals surface area contributed by atoms with E-state index in [2.05, 4.69) is 10.2 Å². The number of alkyl halides is 4. The van der Waals surface area contributed by atoms with Gasteiger partial charge in [-0.05, 0) is 54.8 Å². The number of esters is 1. The summed E-state index contributed by atoms with van der Waals surface area (Å²) in [7, 11) is 1.36. The summed E-state index contributed by atoms with van der Waals surface area (Å²) in [6.07, 6.45) is 1.85. The zero-order chi connectivity index (χ0) is 24.1. The standard InChI is InChI=1S/C24H28F4N2O3/c1-23(25,26)24(27,28)16-33-21-9-7-19(8-10-21)29-20-11-13-30(14-12-20)15-17-3-5-18(6-4-17)22(31)32-2/h3-10,20,29H,11-16H2,1-2H3. The molecular formula is C24H28F4N2O3. The van der Waals surface area contributed by atoms with Gasteiger partial charge in [-0.25, -0.2) is 13.6 Å². The molecule has 0 bridgehead atoms. The lowest BCUT2D eigenvalue weighted by atomic mass is 10.0. The first-order valence-corrected chi connectivity index (χ1v) is 10.7. The largest absolute Gasteiger partial charge is 0.487 e.